The van der Waals surface area contributed by atoms with Gasteiger partial charge in [-0.15, -0.1) is 0 Å². The highest BCUT2D eigenvalue weighted by Gasteiger charge is 2.66. The van der Waals surface area contributed by atoms with Gasteiger partial charge >= 0.3 is 12.4 Å². The molecule has 0 radical (unpaired) electrons. The lowest BCUT2D eigenvalue weighted by molar-refractivity contribution is -0.255. The predicted octanol–water partition coefficient (Wildman–Crippen LogP) is 2.92. The molecule has 0 heterocycles. The smallest absolute Gasteiger partial charge is 0.373 e. The Kier molecular flexibility index (Phi) is 6.01. The number of hydrogen-bond acceptors (Lipinski definition) is 5. The van der Waals surface area contributed by atoms with Crippen LogP contribution in [0, 0.1) is 11.7 Å². The Labute approximate surface area is 186 Å². The number of aliphatic hydroxyl groups is 1. The molecule has 2 aliphatic rings. The normalized spacial score (nSPS) is 22.2. The van der Waals surface area contributed by atoms with Crippen LogP contribution in [-0.4, -0.2) is 40.1 Å². The van der Waals surface area contributed by atoms with Crippen molar-refractivity contribution in [3.05, 3.63) is 46.9 Å². The van der Waals surface area contributed by atoms with E-state index in [2.05, 4.69) is 0 Å². The molecule has 6 nitrogen and oxygen atoms in total. The van der Waals surface area contributed by atoms with Gasteiger partial charge in [0.2, 0.25) is 11.4 Å². The standard InChI is InChI=1S/C21H16F7NO5/c1-9-6-13(15(31)16(32)14(9)30)29-17(33)19(34,21(26,27)28)8-18(4-5-18)12-7-10(22)2-3-11(12)20(23,24)25/h2-3,6-7,9,34H,4-5,8H2,1H3,(H,29,33). The van der Waals surface area contributed by atoms with Crippen molar-refractivity contribution < 1.29 is 55.0 Å². The predicted molar refractivity (Wildman–Crippen MR) is 98.3 cm³/mol. The van der Waals surface area contributed by atoms with Gasteiger partial charge in [0.25, 0.3) is 17.5 Å². The first-order valence-electron chi connectivity index (χ1n) is 9.75. The van der Waals surface area contributed by atoms with Gasteiger partial charge in [0.1, 0.15) is 5.82 Å². The molecule has 0 aliphatic heterocycles. The monoisotopic (exact) mass is 495 g/mol. The largest absolute Gasteiger partial charge is 0.426 e. The number of nitrogens with one attached hydrogen (secondary N) is 1. The van der Waals surface area contributed by atoms with Crippen molar-refractivity contribution in [3.8, 4) is 0 Å². The van der Waals surface area contributed by atoms with Crippen LogP contribution in [0.2, 0.25) is 0 Å². The van der Waals surface area contributed by atoms with Crippen molar-refractivity contribution in [2.24, 2.45) is 5.92 Å². The van der Waals surface area contributed by atoms with E-state index in [1.54, 1.807) is 0 Å². The van der Waals surface area contributed by atoms with Crippen LogP contribution in [0.25, 0.3) is 0 Å². The summed E-state index contributed by atoms with van der Waals surface area (Å²) >= 11 is 0. The minimum atomic E-state index is -5.73. The van der Waals surface area contributed by atoms with E-state index in [-0.39, 0.29) is 12.8 Å². The Balaban J connectivity index is 2.01. The average molecular weight is 495 g/mol. The van der Waals surface area contributed by atoms with Gasteiger partial charge in [0.15, 0.2) is 0 Å². The zero-order valence-electron chi connectivity index (χ0n) is 17.2. The Morgan fingerprint density at radius 1 is 1.09 bits per heavy atom. The van der Waals surface area contributed by atoms with Crippen molar-refractivity contribution in [2.45, 2.75) is 49.6 Å². The molecular formula is C21H16F7NO5. The van der Waals surface area contributed by atoms with Gasteiger partial charge < -0.3 is 10.4 Å². The van der Waals surface area contributed by atoms with E-state index in [4.69, 9.17) is 0 Å². The molecule has 1 saturated carbocycles. The van der Waals surface area contributed by atoms with E-state index in [0.717, 1.165) is 13.0 Å². The lowest BCUT2D eigenvalue weighted by Crippen LogP contribution is -2.59. The van der Waals surface area contributed by atoms with Crippen molar-refractivity contribution in [1.29, 1.82) is 0 Å². The molecule has 13 heteroatoms. The summed E-state index contributed by atoms with van der Waals surface area (Å²) < 4.78 is 95.7. The fourth-order valence-electron chi connectivity index (χ4n) is 3.86. The quantitative estimate of drug-likeness (QED) is 0.484. The van der Waals surface area contributed by atoms with E-state index < -0.39 is 81.6 Å². The van der Waals surface area contributed by atoms with Crippen molar-refractivity contribution in [2.75, 3.05) is 0 Å². The number of carbonyl (C=O) groups excluding carboxylic acids is 4. The first-order valence-corrected chi connectivity index (χ1v) is 9.75. The van der Waals surface area contributed by atoms with Crippen molar-refractivity contribution in [1.82, 2.24) is 5.32 Å². The highest BCUT2D eigenvalue weighted by atomic mass is 19.4. The molecule has 0 aromatic heterocycles. The summed E-state index contributed by atoms with van der Waals surface area (Å²) in [5.74, 6) is -9.00. The van der Waals surface area contributed by atoms with Crippen LogP contribution in [0.1, 0.15) is 37.3 Å². The topological polar surface area (TPSA) is 101 Å². The van der Waals surface area contributed by atoms with Gasteiger partial charge in [-0.05, 0) is 48.1 Å². The van der Waals surface area contributed by atoms with Crippen molar-refractivity contribution >= 4 is 23.3 Å². The second kappa shape index (κ2) is 8.00. The lowest BCUT2D eigenvalue weighted by atomic mass is 9.80. The molecule has 3 rings (SSSR count). The van der Waals surface area contributed by atoms with Gasteiger partial charge in [0.05, 0.1) is 11.3 Å². The summed E-state index contributed by atoms with van der Waals surface area (Å²) in [6.45, 7) is 1.14. The molecule has 184 valence electrons. The summed E-state index contributed by atoms with van der Waals surface area (Å²) in [4.78, 5) is 47.6. The summed E-state index contributed by atoms with van der Waals surface area (Å²) in [7, 11) is 0. The molecule has 1 fully saturated rings. The number of alkyl halides is 6. The highest BCUT2D eigenvalue weighted by Crippen LogP contribution is 2.58. The fraction of sp³-hybridized carbons (Fsp3) is 0.429. The molecule has 2 atom stereocenters. The number of halogens is 7. The third-order valence-electron chi connectivity index (χ3n) is 5.90. The zero-order chi connectivity index (χ0) is 25.9. The minimum absolute atomic E-state index is 0.323. The second-order valence-electron chi connectivity index (χ2n) is 8.35. The van der Waals surface area contributed by atoms with Crippen LogP contribution in [0.3, 0.4) is 0 Å². The molecule has 0 saturated heterocycles. The van der Waals surface area contributed by atoms with Crippen LogP contribution < -0.4 is 5.32 Å². The molecule has 1 aromatic rings. The van der Waals surface area contributed by atoms with Gasteiger partial charge in [-0.2, -0.15) is 26.3 Å². The Hall–Kier alpha value is -3.09. The Morgan fingerprint density at radius 2 is 1.68 bits per heavy atom. The van der Waals surface area contributed by atoms with Crippen LogP contribution in [0.5, 0.6) is 0 Å². The number of allylic oxidation sites excluding steroid dienone is 2. The highest BCUT2D eigenvalue weighted by molar-refractivity contribution is 6.68. The first kappa shape index (κ1) is 25.5. The molecule has 2 N–H and O–H groups in total. The summed E-state index contributed by atoms with van der Waals surface area (Å²) in [5.41, 5.74) is -9.60. The number of hydrogen-bond donors (Lipinski definition) is 2. The third-order valence-corrected chi connectivity index (χ3v) is 5.90. The van der Waals surface area contributed by atoms with E-state index in [1.807, 2.05) is 0 Å². The molecule has 2 unspecified atom stereocenters. The summed E-state index contributed by atoms with van der Waals surface area (Å²) in [6.07, 6.45) is -12.3. The lowest BCUT2D eigenvalue weighted by Gasteiger charge is -2.34. The Bertz CT molecular complexity index is 1120. The molecule has 0 spiro atoms. The minimum Gasteiger partial charge on any atom is -0.373 e. The van der Waals surface area contributed by atoms with E-state index in [0.29, 0.717) is 18.2 Å². The fourth-order valence-corrected chi connectivity index (χ4v) is 3.86. The first-order chi connectivity index (χ1) is 15.4. The summed E-state index contributed by atoms with van der Waals surface area (Å²) in [5, 5.41) is 11.9. The Morgan fingerprint density at radius 3 is 2.18 bits per heavy atom. The van der Waals surface area contributed by atoms with E-state index in [9.17, 15) is 55.0 Å². The average Bonchev–Trinajstić information content (AvgIpc) is 3.48. The SMILES string of the molecule is CC1C=C(NC(=O)C(O)(CC2(c3cc(F)ccc3C(F)(F)F)CC2)C(F)(F)F)C(=O)C(=O)C1=O. The van der Waals surface area contributed by atoms with E-state index in [1.165, 1.54) is 5.32 Å². The number of rotatable bonds is 5. The number of carbonyl (C=O) groups is 4. The molecule has 1 amide bonds. The third kappa shape index (κ3) is 4.36. The number of amides is 1. The maximum atomic E-state index is 13.9. The van der Waals surface area contributed by atoms with Gasteiger partial charge in [-0.3, -0.25) is 19.2 Å². The zero-order valence-corrected chi connectivity index (χ0v) is 17.2. The number of ketones is 3. The van der Waals surface area contributed by atoms with Gasteiger partial charge in [0, 0.05) is 12.3 Å². The maximum Gasteiger partial charge on any atom is 0.426 e. The second-order valence-corrected chi connectivity index (χ2v) is 8.35. The van der Waals surface area contributed by atoms with Crippen LogP contribution in [-0.2, 0) is 30.8 Å². The van der Waals surface area contributed by atoms with Gasteiger partial charge in [-0.25, -0.2) is 4.39 Å². The number of Topliss-reactive ketones (excluding diaryl/α,β-unsaturated/α-hetero) is 3. The molecule has 34 heavy (non-hydrogen) atoms. The van der Waals surface area contributed by atoms with Crippen LogP contribution >= 0.6 is 0 Å². The van der Waals surface area contributed by atoms with E-state index >= 15 is 0 Å². The molecular weight excluding hydrogens is 479 g/mol. The molecule has 1 aromatic carbocycles. The van der Waals surface area contributed by atoms with Crippen LogP contribution in [0.4, 0.5) is 30.7 Å². The maximum absolute atomic E-state index is 13.9. The molecule has 0 bridgehead atoms. The van der Waals surface area contributed by atoms with Crippen LogP contribution in [0.15, 0.2) is 30.0 Å². The van der Waals surface area contributed by atoms with Crippen molar-refractivity contribution in [3.63, 3.8) is 0 Å². The summed E-state index contributed by atoms with van der Waals surface area (Å²) in [6, 6.07) is 1.24. The van der Waals surface area contributed by atoms with Gasteiger partial charge in [-0.1, -0.05) is 6.92 Å². The number of benzene rings is 1. The molecule has 2 aliphatic carbocycles.